The fourth-order valence-corrected chi connectivity index (χ4v) is 2.12. The van der Waals surface area contributed by atoms with Crippen LogP contribution in [0.3, 0.4) is 0 Å². The molecule has 2 N–H and O–H groups in total. The molecule has 2 heteroatoms. The number of benzene rings is 2. The van der Waals surface area contributed by atoms with Crippen molar-refractivity contribution in [3.05, 3.63) is 64.7 Å². The van der Waals surface area contributed by atoms with Crippen LogP contribution in [0.4, 0.5) is 5.69 Å². The van der Waals surface area contributed by atoms with Crippen molar-refractivity contribution in [3.63, 3.8) is 0 Å². The highest BCUT2D eigenvalue weighted by atomic mass is 16.1. The van der Waals surface area contributed by atoms with Crippen LogP contribution in [0.1, 0.15) is 46.8 Å². The smallest absolute Gasteiger partial charge is 0.167 e. The molecule has 0 heterocycles. The molecule has 0 saturated heterocycles. The van der Waals surface area contributed by atoms with Gasteiger partial charge in [-0.15, -0.1) is 0 Å². The summed E-state index contributed by atoms with van der Waals surface area (Å²) in [6, 6.07) is 13.8. The topological polar surface area (TPSA) is 43.1 Å². The van der Waals surface area contributed by atoms with E-state index in [0.29, 0.717) is 23.6 Å². The average Bonchev–Trinajstić information content (AvgIpc) is 2.42. The first-order chi connectivity index (χ1) is 9.47. The van der Waals surface area contributed by atoms with Crippen molar-refractivity contribution in [1.29, 1.82) is 0 Å². The lowest BCUT2D eigenvalue weighted by molar-refractivity contribution is 0.0993. The maximum Gasteiger partial charge on any atom is 0.167 e. The second kappa shape index (κ2) is 5.91. The molecule has 0 aliphatic heterocycles. The molecule has 0 unspecified atom stereocenters. The zero-order chi connectivity index (χ0) is 14.7. The lowest BCUT2D eigenvalue weighted by Gasteiger charge is -2.07. The van der Waals surface area contributed by atoms with Crippen molar-refractivity contribution in [3.8, 4) is 0 Å². The molecule has 20 heavy (non-hydrogen) atoms. The molecule has 0 amide bonds. The van der Waals surface area contributed by atoms with Crippen LogP contribution in [0, 0.1) is 6.92 Å². The molecule has 0 aliphatic rings. The summed E-state index contributed by atoms with van der Waals surface area (Å²) in [7, 11) is 0. The van der Waals surface area contributed by atoms with Gasteiger partial charge in [0.15, 0.2) is 5.78 Å². The number of carbonyl (C=O) groups is 1. The van der Waals surface area contributed by atoms with Gasteiger partial charge in [0.05, 0.1) is 0 Å². The largest absolute Gasteiger partial charge is 0.398 e. The van der Waals surface area contributed by atoms with Gasteiger partial charge in [-0.2, -0.15) is 0 Å². The van der Waals surface area contributed by atoms with Gasteiger partial charge in [0.2, 0.25) is 0 Å². The standard InChI is InChI=1S/C18H21NO/c1-12(2)15-8-5-14(6-9-15)10-18(20)16-7-4-13(3)17(19)11-16/h4-9,11-12H,10,19H2,1-3H3. The quantitative estimate of drug-likeness (QED) is 0.668. The SMILES string of the molecule is Cc1ccc(C(=O)Cc2ccc(C(C)C)cc2)cc1N. The van der Waals surface area contributed by atoms with Crippen molar-refractivity contribution in [2.75, 3.05) is 5.73 Å². The Labute approximate surface area is 120 Å². The van der Waals surface area contributed by atoms with Crippen LogP contribution in [0.5, 0.6) is 0 Å². The van der Waals surface area contributed by atoms with Gasteiger partial charge in [0.25, 0.3) is 0 Å². The van der Waals surface area contributed by atoms with Gasteiger partial charge in [0.1, 0.15) is 0 Å². The predicted molar refractivity (Wildman–Crippen MR) is 84.2 cm³/mol. The number of hydrogen-bond donors (Lipinski definition) is 1. The van der Waals surface area contributed by atoms with E-state index < -0.39 is 0 Å². The zero-order valence-electron chi connectivity index (χ0n) is 12.3. The normalized spacial score (nSPS) is 10.8. The molecule has 0 saturated carbocycles. The fourth-order valence-electron chi connectivity index (χ4n) is 2.12. The lowest BCUT2D eigenvalue weighted by atomic mass is 9.98. The monoisotopic (exact) mass is 267 g/mol. The predicted octanol–water partition coefficient (Wildman–Crippen LogP) is 4.13. The Balaban J connectivity index is 2.12. The van der Waals surface area contributed by atoms with E-state index in [2.05, 4.69) is 26.0 Å². The number of ketones is 1. The van der Waals surface area contributed by atoms with E-state index in [-0.39, 0.29) is 5.78 Å². The lowest BCUT2D eigenvalue weighted by Crippen LogP contribution is -2.05. The number of Topliss-reactive ketones (excluding diaryl/α,β-unsaturated/α-hetero) is 1. The molecule has 2 rings (SSSR count). The first-order valence-corrected chi connectivity index (χ1v) is 6.95. The van der Waals surface area contributed by atoms with E-state index in [9.17, 15) is 4.79 Å². The van der Waals surface area contributed by atoms with E-state index in [1.165, 1.54) is 5.56 Å². The number of rotatable bonds is 4. The third-order valence-corrected chi connectivity index (χ3v) is 3.61. The summed E-state index contributed by atoms with van der Waals surface area (Å²) in [5.74, 6) is 0.616. The molecular formula is C18H21NO. The molecule has 0 aliphatic carbocycles. The van der Waals surface area contributed by atoms with Crippen LogP contribution in [0.15, 0.2) is 42.5 Å². The third kappa shape index (κ3) is 3.27. The minimum atomic E-state index is 0.106. The Morgan fingerprint density at radius 2 is 1.75 bits per heavy atom. The van der Waals surface area contributed by atoms with Crippen molar-refractivity contribution in [2.45, 2.75) is 33.1 Å². The minimum absolute atomic E-state index is 0.106. The molecule has 2 aromatic carbocycles. The number of aryl methyl sites for hydroxylation is 1. The molecule has 0 bridgehead atoms. The summed E-state index contributed by atoms with van der Waals surface area (Å²) in [5, 5.41) is 0. The van der Waals surface area contributed by atoms with Crippen molar-refractivity contribution < 1.29 is 4.79 Å². The van der Waals surface area contributed by atoms with E-state index in [1.807, 2.05) is 31.2 Å². The summed E-state index contributed by atoms with van der Waals surface area (Å²) < 4.78 is 0. The molecule has 2 aromatic rings. The van der Waals surface area contributed by atoms with Crippen LogP contribution >= 0.6 is 0 Å². The zero-order valence-corrected chi connectivity index (χ0v) is 12.3. The molecule has 0 aromatic heterocycles. The van der Waals surface area contributed by atoms with Gasteiger partial charge in [-0.25, -0.2) is 0 Å². The second-order valence-electron chi connectivity index (χ2n) is 5.57. The van der Waals surface area contributed by atoms with Gasteiger partial charge in [-0.3, -0.25) is 4.79 Å². The molecule has 2 nitrogen and oxygen atoms in total. The van der Waals surface area contributed by atoms with E-state index in [0.717, 1.165) is 11.1 Å². The first-order valence-electron chi connectivity index (χ1n) is 6.95. The summed E-state index contributed by atoms with van der Waals surface area (Å²) in [4.78, 5) is 12.2. The van der Waals surface area contributed by atoms with Gasteiger partial charge in [-0.05, 0) is 35.6 Å². The highest BCUT2D eigenvalue weighted by Crippen LogP contribution is 2.17. The Morgan fingerprint density at radius 3 is 2.30 bits per heavy atom. The van der Waals surface area contributed by atoms with Crippen molar-refractivity contribution >= 4 is 11.5 Å². The number of hydrogen-bond acceptors (Lipinski definition) is 2. The maximum absolute atomic E-state index is 12.2. The number of carbonyl (C=O) groups excluding carboxylic acids is 1. The molecular weight excluding hydrogens is 246 g/mol. The van der Waals surface area contributed by atoms with E-state index in [4.69, 9.17) is 5.73 Å². The van der Waals surface area contributed by atoms with Crippen molar-refractivity contribution in [2.24, 2.45) is 0 Å². The van der Waals surface area contributed by atoms with Crippen LogP contribution in [0.2, 0.25) is 0 Å². The summed E-state index contributed by atoms with van der Waals surface area (Å²) in [5.41, 5.74) is 10.5. The Hall–Kier alpha value is -2.09. The van der Waals surface area contributed by atoms with E-state index >= 15 is 0 Å². The van der Waals surface area contributed by atoms with E-state index in [1.54, 1.807) is 6.07 Å². The van der Waals surface area contributed by atoms with Gasteiger partial charge in [-0.1, -0.05) is 50.2 Å². The highest BCUT2D eigenvalue weighted by molar-refractivity contribution is 5.98. The van der Waals surface area contributed by atoms with Crippen molar-refractivity contribution in [1.82, 2.24) is 0 Å². The number of anilines is 1. The van der Waals surface area contributed by atoms with Crippen LogP contribution in [-0.4, -0.2) is 5.78 Å². The molecule has 104 valence electrons. The molecule has 0 radical (unpaired) electrons. The van der Waals surface area contributed by atoms with Crippen LogP contribution < -0.4 is 5.73 Å². The van der Waals surface area contributed by atoms with Gasteiger partial charge >= 0.3 is 0 Å². The highest BCUT2D eigenvalue weighted by Gasteiger charge is 2.09. The summed E-state index contributed by atoms with van der Waals surface area (Å²) in [6.07, 6.45) is 0.418. The van der Waals surface area contributed by atoms with Crippen LogP contribution in [0.25, 0.3) is 0 Å². The summed E-state index contributed by atoms with van der Waals surface area (Å²) in [6.45, 7) is 6.26. The molecule has 0 spiro atoms. The third-order valence-electron chi connectivity index (χ3n) is 3.61. The molecule has 0 fully saturated rings. The minimum Gasteiger partial charge on any atom is -0.398 e. The molecule has 0 atom stereocenters. The van der Waals surface area contributed by atoms with Crippen LogP contribution in [-0.2, 0) is 6.42 Å². The Morgan fingerprint density at radius 1 is 1.10 bits per heavy atom. The first kappa shape index (κ1) is 14.3. The Bertz CT molecular complexity index is 612. The second-order valence-corrected chi connectivity index (χ2v) is 5.57. The van der Waals surface area contributed by atoms with Gasteiger partial charge in [0, 0.05) is 17.7 Å². The number of nitrogens with two attached hydrogens (primary N) is 1. The summed E-state index contributed by atoms with van der Waals surface area (Å²) >= 11 is 0. The average molecular weight is 267 g/mol. The van der Waals surface area contributed by atoms with Gasteiger partial charge < -0.3 is 5.73 Å². The number of nitrogen functional groups attached to an aromatic ring is 1. The Kier molecular flexibility index (Phi) is 4.23. The maximum atomic E-state index is 12.2. The fraction of sp³-hybridized carbons (Fsp3) is 0.278.